The van der Waals surface area contributed by atoms with E-state index >= 15 is 0 Å². The van der Waals surface area contributed by atoms with E-state index in [-0.39, 0.29) is 18.5 Å². The Hall–Kier alpha value is -1.76. The summed E-state index contributed by atoms with van der Waals surface area (Å²) < 4.78 is 40.1. The van der Waals surface area contributed by atoms with Crippen LogP contribution in [0.5, 0.6) is 0 Å². The van der Waals surface area contributed by atoms with Gasteiger partial charge in [-0.05, 0) is 37.5 Å². The number of hydrazine groups is 1. The average molecular weight is 274 g/mol. The number of hydrogen-bond acceptors (Lipinski definition) is 3. The Morgan fingerprint density at radius 2 is 2.05 bits per heavy atom. The molecular weight excluding hydrogens is 261 g/mol. The number of alkyl halides is 2. The summed E-state index contributed by atoms with van der Waals surface area (Å²) in [7, 11) is 0. The van der Waals surface area contributed by atoms with Crippen LogP contribution in [0.4, 0.5) is 18.9 Å². The maximum atomic E-state index is 13.7. The molecule has 2 rings (SSSR count). The lowest BCUT2D eigenvalue weighted by Crippen LogP contribution is -2.61. The van der Waals surface area contributed by atoms with E-state index in [1.54, 1.807) is 5.43 Å². The molecule has 0 atom stereocenters. The molecule has 0 unspecified atom stereocenters. The smallest absolute Gasteiger partial charge is 0.354 e. The number of carbonyl (C=O) groups excluding carboxylic acids is 1. The molecule has 1 fully saturated rings. The molecular formula is C12H13F3N2O2. The molecule has 0 radical (unpaired) electrons. The van der Waals surface area contributed by atoms with Crippen LogP contribution in [-0.4, -0.2) is 22.5 Å². The summed E-state index contributed by atoms with van der Waals surface area (Å²) in [6.45, 7) is 0. The van der Waals surface area contributed by atoms with Gasteiger partial charge < -0.3 is 5.11 Å². The van der Waals surface area contributed by atoms with Crippen molar-refractivity contribution in [2.45, 2.75) is 30.8 Å². The first-order valence-electron chi connectivity index (χ1n) is 5.77. The van der Waals surface area contributed by atoms with Crippen LogP contribution in [0.25, 0.3) is 0 Å². The normalized spacial score (nSPS) is 17.5. The van der Waals surface area contributed by atoms with Crippen LogP contribution in [0.1, 0.15) is 19.3 Å². The summed E-state index contributed by atoms with van der Waals surface area (Å²) in [5, 5.41) is 9.55. The van der Waals surface area contributed by atoms with Gasteiger partial charge >= 0.3 is 11.8 Å². The highest BCUT2D eigenvalue weighted by atomic mass is 19.3. The highest BCUT2D eigenvalue weighted by Gasteiger charge is 2.61. The Balaban J connectivity index is 1.98. The molecule has 1 aliphatic carbocycles. The first-order valence-corrected chi connectivity index (χ1v) is 5.77. The molecule has 0 saturated heterocycles. The lowest BCUT2D eigenvalue weighted by Gasteiger charge is -2.41. The van der Waals surface area contributed by atoms with Crippen molar-refractivity contribution < 1.29 is 23.1 Å². The number of halogens is 3. The minimum atomic E-state index is -3.88. The number of nitrogens with one attached hydrogen (secondary N) is 2. The van der Waals surface area contributed by atoms with Crippen LogP contribution in [0.15, 0.2) is 24.3 Å². The molecule has 1 aliphatic rings. The monoisotopic (exact) mass is 274 g/mol. The van der Waals surface area contributed by atoms with E-state index in [4.69, 9.17) is 0 Å². The van der Waals surface area contributed by atoms with Gasteiger partial charge in [0.05, 0.1) is 5.69 Å². The Kier molecular flexibility index (Phi) is 3.40. The largest absolute Gasteiger partial charge is 0.383 e. The Bertz CT molecular complexity index is 490. The second-order valence-corrected chi connectivity index (χ2v) is 4.55. The first-order chi connectivity index (χ1) is 8.85. The molecule has 1 aromatic carbocycles. The highest BCUT2D eigenvalue weighted by Crippen LogP contribution is 2.44. The van der Waals surface area contributed by atoms with Gasteiger partial charge in [0, 0.05) is 0 Å². The Labute approximate surface area is 107 Å². The zero-order valence-corrected chi connectivity index (χ0v) is 9.92. The minimum absolute atomic E-state index is 0.118. The third-order valence-electron chi connectivity index (χ3n) is 3.20. The second kappa shape index (κ2) is 4.73. The number of anilines is 1. The summed E-state index contributed by atoms with van der Waals surface area (Å²) in [5.41, 5.74) is 1.81. The van der Waals surface area contributed by atoms with E-state index < -0.39 is 23.2 Å². The van der Waals surface area contributed by atoms with Gasteiger partial charge in [-0.15, -0.1) is 0 Å². The van der Waals surface area contributed by atoms with Crippen LogP contribution in [0, 0.1) is 5.82 Å². The highest BCUT2D eigenvalue weighted by molar-refractivity contribution is 5.86. The van der Waals surface area contributed by atoms with Gasteiger partial charge in [0.2, 0.25) is 0 Å². The van der Waals surface area contributed by atoms with Gasteiger partial charge in [-0.1, -0.05) is 6.07 Å². The lowest BCUT2D eigenvalue weighted by atomic mass is 9.75. The van der Waals surface area contributed by atoms with Crippen LogP contribution in [0.3, 0.4) is 0 Å². The predicted molar refractivity (Wildman–Crippen MR) is 61.9 cm³/mol. The van der Waals surface area contributed by atoms with Crippen molar-refractivity contribution in [3.63, 3.8) is 0 Å². The predicted octanol–water partition coefficient (Wildman–Crippen LogP) is 1.82. The maximum absolute atomic E-state index is 13.7. The molecule has 19 heavy (non-hydrogen) atoms. The fourth-order valence-corrected chi connectivity index (χ4v) is 1.81. The molecule has 0 bridgehead atoms. The Morgan fingerprint density at radius 3 is 2.58 bits per heavy atom. The third kappa shape index (κ3) is 2.51. The second-order valence-electron chi connectivity index (χ2n) is 4.55. The van der Waals surface area contributed by atoms with E-state index in [9.17, 15) is 23.1 Å². The molecule has 104 valence electrons. The van der Waals surface area contributed by atoms with Crippen LogP contribution in [0.2, 0.25) is 0 Å². The lowest BCUT2D eigenvalue weighted by molar-refractivity contribution is -0.215. The number of aliphatic hydroxyl groups is 1. The van der Waals surface area contributed by atoms with Crippen LogP contribution >= 0.6 is 0 Å². The minimum Gasteiger partial charge on any atom is -0.383 e. The quantitative estimate of drug-likeness (QED) is 0.734. The molecule has 0 heterocycles. The summed E-state index contributed by atoms with van der Waals surface area (Å²) >= 11 is 0. The van der Waals surface area contributed by atoms with Crippen LogP contribution < -0.4 is 10.9 Å². The fraction of sp³-hybridized carbons (Fsp3) is 0.417. The van der Waals surface area contributed by atoms with Gasteiger partial charge in [-0.25, -0.2) is 4.39 Å². The molecule has 0 aliphatic heterocycles. The fourth-order valence-electron chi connectivity index (χ4n) is 1.81. The number of rotatable bonds is 4. The number of amides is 1. The molecule has 4 nitrogen and oxygen atoms in total. The van der Waals surface area contributed by atoms with E-state index in [1.807, 2.05) is 0 Å². The van der Waals surface area contributed by atoms with Gasteiger partial charge in [0.25, 0.3) is 0 Å². The summed E-state index contributed by atoms with van der Waals surface area (Å²) in [6, 6.07) is 4.98. The van der Waals surface area contributed by atoms with Gasteiger partial charge in [0.1, 0.15) is 11.4 Å². The maximum Gasteiger partial charge on any atom is 0.354 e. The number of hydrogen-bond donors (Lipinski definition) is 3. The van der Waals surface area contributed by atoms with E-state index in [0.717, 1.165) is 6.07 Å². The van der Waals surface area contributed by atoms with Gasteiger partial charge in [-0.3, -0.25) is 15.6 Å². The van der Waals surface area contributed by atoms with Crippen molar-refractivity contribution in [1.82, 2.24) is 5.43 Å². The van der Waals surface area contributed by atoms with E-state index in [1.165, 1.54) is 18.2 Å². The van der Waals surface area contributed by atoms with Gasteiger partial charge in [-0.2, -0.15) is 8.78 Å². The van der Waals surface area contributed by atoms with Crippen molar-refractivity contribution in [2.75, 3.05) is 5.43 Å². The standard InChI is InChI=1S/C12H13F3N2O2/c13-8-3-1-4-9(7-8)16-17-10(18)12(14,15)11(19)5-2-6-11/h1,3-4,7,16,19H,2,5-6H2,(H,17,18). The van der Waals surface area contributed by atoms with E-state index in [0.29, 0.717) is 6.42 Å². The number of carbonyl (C=O) groups is 1. The molecule has 1 saturated carbocycles. The molecule has 3 N–H and O–H groups in total. The molecule has 0 aromatic heterocycles. The van der Waals surface area contributed by atoms with Crippen LogP contribution in [-0.2, 0) is 4.79 Å². The SMILES string of the molecule is O=C(NNc1cccc(F)c1)C(F)(F)C1(O)CCC1. The molecule has 1 amide bonds. The summed E-state index contributed by atoms with van der Waals surface area (Å²) in [5.74, 6) is -6.09. The average Bonchev–Trinajstić information content (AvgIpc) is 2.32. The van der Waals surface area contributed by atoms with Crippen molar-refractivity contribution in [2.24, 2.45) is 0 Å². The van der Waals surface area contributed by atoms with Crippen molar-refractivity contribution in [3.05, 3.63) is 30.1 Å². The summed E-state index contributed by atoms with van der Waals surface area (Å²) in [6.07, 6.45) is 0.220. The first kappa shape index (κ1) is 13.7. The molecule has 0 spiro atoms. The Morgan fingerprint density at radius 1 is 1.37 bits per heavy atom. The topological polar surface area (TPSA) is 61.4 Å². The zero-order valence-electron chi connectivity index (χ0n) is 9.92. The van der Waals surface area contributed by atoms with E-state index in [2.05, 4.69) is 5.43 Å². The zero-order chi connectivity index (χ0) is 14.1. The molecule has 7 heteroatoms. The van der Waals surface area contributed by atoms with Crippen molar-refractivity contribution >= 4 is 11.6 Å². The summed E-state index contributed by atoms with van der Waals surface area (Å²) in [4.78, 5) is 11.4. The number of benzene rings is 1. The molecule has 1 aromatic rings. The van der Waals surface area contributed by atoms with Crippen molar-refractivity contribution in [3.8, 4) is 0 Å². The third-order valence-corrected chi connectivity index (χ3v) is 3.20. The van der Waals surface area contributed by atoms with Crippen molar-refractivity contribution in [1.29, 1.82) is 0 Å². The van der Waals surface area contributed by atoms with Gasteiger partial charge in [0.15, 0.2) is 0 Å².